The van der Waals surface area contributed by atoms with Gasteiger partial charge in [0.25, 0.3) is 0 Å². The van der Waals surface area contributed by atoms with Gasteiger partial charge in [0, 0.05) is 6.61 Å². The van der Waals surface area contributed by atoms with Crippen LogP contribution in [0.15, 0.2) is 23.8 Å². The maximum atomic E-state index is 11.2. The summed E-state index contributed by atoms with van der Waals surface area (Å²) >= 11 is 0. The second-order valence-corrected chi connectivity index (χ2v) is 3.74. The summed E-state index contributed by atoms with van der Waals surface area (Å²) in [6, 6.07) is -0.0591. The van der Waals surface area contributed by atoms with Gasteiger partial charge in [0.15, 0.2) is 0 Å². The molecular weight excluding hydrogens is 206 g/mol. The van der Waals surface area contributed by atoms with Crippen molar-refractivity contribution in [2.24, 2.45) is 0 Å². The Morgan fingerprint density at radius 2 is 2.44 bits per heavy atom. The van der Waals surface area contributed by atoms with Gasteiger partial charge >= 0.3 is 6.09 Å². The van der Waals surface area contributed by atoms with Gasteiger partial charge in [0.2, 0.25) is 0 Å². The standard InChI is InChI=1S/C12H19NO3/c1-16-12(15)13-11(8-5-9-14)10-6-3-2-4-7-10/h3,6-7,11,14H,2,4-5,8-9H2,1H3,(H,13,15). The van der Waals surface area contributed by atoms with Crippen molar-refractivity contribution < 1.29 is 14.6 Å². The van der Waals surface area contributed by atoms with Crippen LogP contribution >= 0.6 is 0 Å². The normalized spacial score (nSPS) is 16.5. The molecule has 0 aliphatic heterocycles. The molecule has 0 heterocycles. The van der Waals surface area contributed by atoms with Crippen LogP contribution in [0, 0.1) is 0 Å². The number of carbonyl (C=O) groups excluding carboxylic acids is 1. The highest BCUT2D eigenvalue weighted by molar-refractivity contribution is 5.68. The molecule has 0 aromatic heterocycles. The fourth-order valence-corrected chi connectivity index (χ4v) is 1.71. The van der Waals surface area contributed by atoms with Crippen molar-refractivity contribution in [2.45, 2.75) is 31.7 Å². The number of amides is 1. The summed E-state index contributed by atoms with van der Waals surface area (Å²) in [4.78, 5) is 11.2. The van der Waals surface area contributed by atoms with Gasteiger partial charge in [-0.2, -0.15) is 0 Å². The molecule has 1 rings (SSSR count). The van der Waals surface area contributed by atoms with Crippen molar-refractivity contribution in [3.05, 3.63) is 23.8 Å². The highest BCUT2D eigenvalue weighted by Gasteiger charge is 2.15. The van der Waals surface area contributed by atoms with E-state index in [1.807, 2.05) is 6.08 Å². The number of rotatable bonds is 5. The van der Waals surface area contributed by atoms with E-state index in [9.17, 15) is 4.79 Å². The number of alkyl carbamates (subject to hydrolysis) is 1. The summed E-state index contributed by atoms with van der Waals surface area (Å²) in [5, 5.41) is 11.6. The molecular formula is C12H19NO3. The maximum Gasteiger partial charge on any atom is 0.407 e. The minimum atomic E-state index is -0.428. The summed E-state index contributed by atoms with van der Waals surface area (Å²) in [7, 11) is 1.35. The second-order valence-electron chi connectivity index (χ2n) is 3.74. The van der Waals surface area contributed by atoms with Crippen LogP contribution in [0.4, 0.5) is 4.79 Å². The Bertz CT molecular complexity index is 284. The maximum absolute atomic E-state index is 11.2. The molecule has 1 atom stereocenters. The number of nitrogens with one attached hydrogen (secondary N) is 1. The third-order valence-corrected chi connectivity index (χ3v) is 2.55. The average Bonchev–Trinajstić information content (AvgIpc) is 2.35. The summed E-state index contributed by atoms with van der Waals surface area (Å²) in [5.74, 6) is 0. The third kappa shape index (κ3) is 4.06. The molecule has 4 nitrogen and oxygen atoms in total. The first-order valence-corrected chi connectivity index (χ1v) is 5.60. The van der Waals surface area contributed by atoms with Crippen LogP contribution in [0.5, 0.6) is 0 Å². The first-order chi connectivity index (χ1) is 7.77. The summed E-state index contributed by atoms with van der Waals surface area (Å²) in [6.07, 6.45) is 9.27. The fraction of sp³-hybridized carbons (Fsp3) is 0.583. The molecule has 1 amide bonds. The van der Waals surface area contributed by atoms with Crippen molar-refractivity contribution in [3.8, 4) is 0 Å². The zero-order valence-electron chi connectivity index (χ0n) is 9.61. The van der Waals surface area contributed by atoms with E-state index in [0.29, 0.717) is 6.42 Å². The molecule has 0 aromatic carbocycles. The van der Waals surface area contributed by atoms with Gasteiger partial charge in [-0.3, -0.25) is 0 Å². The predicted molar refractivity (Wildman–Crippen MR) is 62.1 cm³/mol. The van der Waals surface area contributed by atoms with E-state index >= 15 is 0 Å². The number of carbonyl (C=O) groups is 1. The zero-order chi connectivity index (χ0) is 11.8. The Balaban J connectivity index is 2.58. The first-order valence-electron chi connectivity index (χ1n) is 5.60. The number of ether oxygens (including phenoxy) is 1. The third-order valence-electron chi connectivity index (χ3n) is 2.55. The molecule has 0 radical (unpaired) electrons. The summed E-state index contributed by atoms with van der Waals surface area (Å²) in [5.41, 5.74) is 1.10. The molecule has 0 spiro atoms. The molecule has 4 heteroatoms. The quantitative estimate of drug-likeness (QED) is 0.749. The lowest BCUT2D eigenvalue weighted by Gasteiger charge is -2.20. The van der Waals surface area contributed by atoms with Crippen molar-refractivity contribution in [1.82, 2.24) is 5.32 Å². The smallest absolute Gasteiger partial charge is 0.407 e. The molecule has 0 fully saturated rings. The number of hydrogen-bond acceptors (Lipinski definition) is 3. The largest absolute Gasteiger partial charge is 0.453 e. The second kappa shape index (κ2) is 7.06. The highest BCUT2D eigenvalue weighted by Crippen LogP contribution is 2.16. The lowest BCUT2D eigenvalue weighted by molar-refractivity contribution is 0.167. The molecule has 0 saturated carbocycles. The zero-order valence-corrected chi connectivity index (χ0v) is 9.61. The number of aliphatic hydroxyl groups excluding tert-OH is 1. The van der Waals surface area contributed by atoms with E-state index in [1.54, 1.807) is 0 Å². The Labute approximate surface area is 96.0 Å². The first kappa shape index (κ1) is 12.8. The van der Waals surface area contributed by atoms with Crippen LogP contribution in [0.25, 0.3) is 0 Å². The van der Waals surface area contributed by atoms with Gasteiger partial charge in [0.05, 0.1) is 13.2 Å². The SMILES string of the molecule is COC(=O)NC(CCCO)C1=CCCC=C1. The lowest BCUT2D eigenvalue weighted by atomic mass is 9.97. The van der Waals surface area contributed by atoms with E-state index in [2.05, 4.69) is 22.2 Å². The Morgan fingerprint density at radius 1 is 1.62 bits per heavy atom. The van der Waals surface area contributed by atoms with Crippen LogP contribution in [-0.2, 0) is 4.74 Å². The Morgan fingerprint density at radius 3 is 3.00 bits per heavy atom. The summed E-state index contributed by atoms with van der Waals surface area (Å²) < 4.78 is 4.59. The van der Waals surface area contributed by atoms with Gasteiger partial charge < -0.3 is 15.2 Å². The number of allylic oxidation sites excluding steroid dienone is 2. The van der Waals surface area contributed by atoms with E-state index in [0.717, 1.165) is 24.8 Å². The molecule has 0 saturated heterocycles. The number of hydrogen-bond donors (Lipinski definition) is 2. The highest BCUT2D eigenvalue weighted by atomic mass is 16.5. The van der Waals surface area contributed by atoms with Crippen LogP contribution in [0.1, 0.15) is 25.7 Å². The van der Waals surface area contributed by atoms with E-state index in [4.69, 9.17) is 5.11 Å². The predicted octanol–water partition coefficient (Wildman–Crippen LogP) is 1.76. The topological polar surface area (TPSA) is 58.6 Å². The van der Waals surface area contributed by atoms with E-state index in [1.165, 1.54) is 7.11 Å². The molecule has 2 N–H and O–H groups in total. The number of methoxy groups -OCH3 is 1. The average molecular weight is 225 g/mol. The van der Waals surface area contributed by atoms with Crippen molar-refractivity contribution in [3.63, 3.8) is 0 Å². The molecule has 0 aromatic rings. The molecule has 0 bridgehead atoms. The van der Waals surface area contributed by atoms with Crippen molar-refractivity contribution in [2.75, 3.05) is 13.7 Å². The van der Waals surface area contributed by atoms with Gasteiger partial charge in [-0.25, -0.2) is 4.79 Å². The monoisotopic (exact) mass is 225 g/mol. The van der Waals surface area contributed by atoms with Crippen LogP contribution in [-0.4, -0.2) is 31.0 Å². The summed E-state index contributed by atoms with van der Waals surface area (Å²) in [6.45, 7) is 0.135. The minimum absolute atomic E-state index is 0.0591. The minimum Gasteiger partial charge on any atom is -0.453 e. The molecule has 1 aliphatic rings. The molecule has 1 aliphatic carbocycles. The number of aliphatic hydroxyl groups is 1. The van der Waals surface area contributed by atoms with Crippen LogP contribution in [0.2, 0.25) is 0 Å². The van der Waals surface area contributed by atoms with E-state index < -0.39 is 6.09 Å². The van der Waals surface area contributed by atoms with Gasteiger partial charge in [0.1, 0.15) is 0 Å². The molecule has 1 unspecified atom stereocenters. The van der Waals surface area contributed by atoms with Crippen molar-refractivity contribution >= 4 is 6.09 Å². The Hall–Kier alpha value is -1.29. The van der Waals surface area contributed by atoms with Crippen LogP contribution in [0.3, 0.4) is 0 Å². The van der Waals surface area contributed by atoms with Gasteiger partial charge in [-0.1, -0.05) is 18.2 Å². The van der Waals surface area contributed by atoms with E-state index in [-0.39, 0.29) is 12.6 Å². The Kier molecular flexibility index (Phi) is 5.64. The van der Waals surface area contributed by atoms with Gasteiger partial charge in [-0.05, 0) is 31.3 Å². The van der Waals surface area contributed by atoms with Crippen molar-refractivity contribution in [1.29, 1.82) is 0 Å². The molecule has 16 heavy (non-hydrogen) atoms. The van der Waals surface area contributed by atoms with Crippen LogP contribution < -0.4 is 5.32 Å². The van der Waals surface area contributed by atoms with Gasteiger partial charge in [-0.15, -0.1) is 0 Å². The molecule has 90 valence electrons. The lowest BCUT2D eigenvalue weighted by Crippen LogP contribution is -2.36. The fourth-order valence-electron chi connectivity index (χ4n) is 1.71.